The Hall–Kier alpha value is -1.89. The molecule has 0 aromatic carbocycles. The molecule has 26 heavy (non-hydrogen) atoms. The molecule has 0 aliphatic heterocycles. The summed E-state index contributed by atoms with van der Waals surface area (Å²) in [6, 6.07) is 0.785. The lowest BCUT2D eigenvalue weighted by Gasteiger charge is -2.42. The molecule has 144 valence electrons. The van der Waals surface area contributed by atoms with Crippen molar-refractivity contribution in [2.75, 3.05) is 13.1 Å². The molecule has 2 N–H and O–H groups in total. The molecule has 1 heterocycles. The summed E-state index contributed by atoms with van der Waals surface area (Å²) in [5.74, 6) is -0.862. The fraction of sp³-hybridized carbons (Fsp3) is 0.737. The van der Waals surface area contributed by atoms with Gasteiger partial charge in [0.25, 0.3) is 5.91 Å². The van der Waals surface area contributed by atoms with E-state index in [0.717, 1.165) is 31.4 Å². The van der Waals surface area contributed by atoms with Crippen molar-refractivity contribution < 1.29 is 14.7 Å². The highest BCUT2D eigenvalue weighted by Crippen LogP contribution is 2.30. The van der Waals surface area contributed by atoms with Crippen molar-refractivity contribution in [1.82, 2.24) is 20.0 Å². The van der Waals surface area contributed by atoms with Gasteiger partial charge in [0, 0.05) is 17.8 Å². The van der Waals surface area contributed by atoms with Crippen LogP contribution in [0.15, 0.2) is 6.20 Å². The van der Waals surface area contributed by atoms with Gasteiger partial charge < -0.3 is 10.4 Å². The number of aromatic nitrogens is 2. The van der Waals surface area contributed by atoms with Crippen molar-refractivity contribution in [2.45, 2.75) is 76.9 Å². The zero-order valence-corrected chi connectivity index (χ0v) is 15.8. The highest BCUT2D eigenvalue weighted by Gasteiger charge is 2.35. The van der Waals surface area contributed by atoms with Crippen LogP contribution in [-0.2, 0) is 4.79 Å². The third kappa shape index (κ3) is 4.09. The molecule has 0 radical (unpaired) electrons. The van der Waals surface area contributed by atoms with Crippen LogP contribution in [0.25, 0.3) is 0 Å². The lowest BCUT2D eigenvalue weighted by molar-refractivity contribution is -0.139. The number of amides is 1. The van der Waals surface area contributed by atoms with Gasteiger partial charge in [0.2, 0.25) is 0 Å². The minimum atomic E-state index is -0.801. The highest BCUT2D eigenvalue weighted by atomic mass is 16.4. The highest BCUT2D eigenvalue weighted by molar-refractivity contribution is 5.95. The van der Waals surface area contributed by atoms with Crippen molar-refractivity contribution in [3.8, 4) is 0 Å². The molecule has 0 bridgehead atoms. The molecule has 0 unspecified atom stereocenters. The van der Waals surface area contributed by atoms with Crippen LogP contribution < -0.4 is 5.32 Å². The van der Waals surface area contributed by atoms with Gasteiger partial charge in [-0.25, -0.2) is 0 Å². The molecule has 7 nitrogen and oxygen atoms in total. The lowest BCUT2D eigenvalue weighted by atomic mass is 9.85. The second-order valence-corrected chi connectivity index (χ2v) is 7.63. The molecule has 0 saturated heterocycles. The molecule has 2 aliphatic carbocycles. The molecule has 3 rings (SSSR count). The van der Waals surface area contributed by atoms with Crippen molar-refractivity contribution in [1.29, 1.82) is 0 Å². The van der Waals surface area contributed by atoms with E-state index in [9.17, 15) is 9.59 Å². The van der Waals surface area contributed by atoms with Gasteiger partial charge in [-0.05, 0) is 39.2 Å². The molecular formula is C19H30N4O3. The number of aliphatic carboxylic acids is 1. The van der Waals surface area contributed by atoms with Crippen LogP contribution in [0, 0.1) is 6.92 Å². The van der Waals surface area contributed by atoms with E-state index in [1.807, 2.05) is 23.4 Å². The van der Waals surface area contributed by atoms with Crippen molar-refractivity contribution in [3.05, 3.63) is 17.5 Å². The van der Waals surface area contributed by atoms with E-state index in [1.54, 1.807) is 6.20 Å². The van der Waals surface area contributed by atoms with Crippen LogP contribution >= 0.6 is 0 Å². The summed E-state index contributed by atoms with van der Waals surface area (Å²) in [6.07, 6.45) is 9.36. The summed E-state index contributed by atoms with van der Waals surface area (Å²) in [6.45, 7) is 4.73. The maximum absolute atomic E-state index is 12.6. The Morgan fingerprint density at radius 3 is 2.62 bits per heavy atom. The van der Waals surface area contributed by atoms with E-state index in [0.29, 0.717) is 18.2 Å². The van der Waals surface area contributed by atoms with Gasteiger partial charge in [-0.1, -0.05) is 26.2 Å². The molecule has 7 heteroatoms. The van der Waals surface area contributed by atoms with E-state index in [-0.39, 0.29) is 24.5 Å². The van der Waals surface area contributed by atoms with Gasteiger partial charge >= 0.3 is 5.97 Å². The van der Waals surface area contributed by atoms with Crippen molar-refractivity contribution in [3.63, 3.8) is 0 Å². The lowest BCUT2D eigenvalue weighted by Crippen LogP contribution is -2.54. The van der Waals surface area contributed by atoms with Gasteiger partial charge in [0.1, 0.15) is 0 Å². The molecule has 0 spiro atoms. The number of hydrogen-bond donors (Lipinski definition) is 2. The standard InChI is InChI=1S/C19H30N4O3/c1-3-22(12-18(24)25)16-9-14(10-16)21-19(26)17-11-20-23(13(17)2)15-7-5-4-6-8-15/h11,14-16H,3-10,12H2,1-2H3,(H,21,26)(H,24,25). The SMILES string of the molecule is CCN(CC(=O)O)C1CC(NC(=O)c2cnn(C3CCCCC3)c2C)C1. The van der Waals surface area contributed by atoms with Crippen LogP contribution in [0.3, 0.4) is 0 Å². The minimum absolute atomic E-state index is 0.0608. The number of carbonyl (C=O) groups excluding carboxylic acids is 1. The topological polar surface area (TPSA) is 87.5 Å². The summed E-state index contributed by atoms with van der Waals surface area (Å²) in [7, 11) is 0. The maximum atomic E-state index is 12.6. The smallest absolute Gasteiger partial charge is 0.317 e. The van der Waals surface area contributed by atoms with E-state index < -0.39 is 5.97 Å². The Bertz CT molecular complexity index is 645. The van der Waals surface area contributed by atoms with Crippen LogP contribution in [0.4, 0.5) is 0 Å². The molecule has 1 aromatic heterocycles. The van der Waals surface area contributed by atoms with Crippen molar-refractivity contribution in [2.24, 2.45) is 0 Å². The average molecular weight is 362 g/mol. The van der Waals surface area contributed by atoms with E-state index in [2.05, 4.69) is 10.4 Å². The summed E-state index contributed by atoms with van der Waals surface area (Å²) in [5, 5.41) is 16.5. The second kappa shape index (κ2) is 8.20. The summed E-state index contributed by atoms with van der Waals surface area (Å²) in [4.78, 5) is 25.5. The minimum Gasteiger partial charge on any atom is -0.480 e. The quantitative estimate of drug-likeness (QED) is 0.777. The first-order valence-corrected chi connectivity index (χ1v) is 9.80. The number of carbonyl (C=O) groups is 2. The summed E-state index contributed by atoms with van der Waals surface area (Å²) < 4.78 is 2.03. The number of hydrogen-bond acceptors (Lipinski definition) is 4. The molecule has 0 atom stereocenters. The normalized spacial score (nSPS) is 23.7. The van der Waals surface area contributed by atoms with E-state index in [4.69, 9.17) is 5.11 Å². The zero-order valence-electron chi connectivity index (χ0n) is 15.8. The van der Waals surface area contributed by atoms with Gasteiger partial charge in [0.15, 0.2) is 0 Å². The Morgan fingerprint density at radius 1 is 1.31 bits per heavy atom. The predicted molar refractivity (Wildman–Crippen MR) is 98.2 cm³/mol. The van der Waals surface area contributed by atoms with Crippen LogP contribution in [-0.4, -0.2) is 56.8 Å². The zero-order chi connectivity index (χ0) is 18.7. The molecular weight excluding hydrogens is 332 g/mol. The maximum Gasteiger partial charge on any atom is 0.317 e. The molecule has 1 aromatic rings. The fourth-order valence-corrected chi connectivity index (χ4v) is 4.28. The summed E-state index contributed by atoms with van der Waals surface area (Å²) in [5.41, 5.74) is 1.61. The van der Waals surface area contributed by atoms with E-state index >= 15 is 0 Å². The van der Waals surface area contributed by atoms with Crippen molar-refractivity contribution >= 4 is 11.9 Å². The van der Waals surface area contributed by atoms with Crippen LogP contribution in [0.2, 0.25) is 0 Å². The Labute approximate surface area is 154 Å². The first kappa shape index (κ1) is 18.9. The van der Waals surface area contributed by atoms with E-state index in [1.165, 1.54) is 19.3 Å². The number of rotatable bonds is 7. The third-order valence-electron chi connectivity index (χ3n) is 5.92. The Morgan fingerprint density at radius 2 is 2.00 bits per heavy atom. The molecule has 2 fully saturated rings. The summed E-state index contributed by atoms with van der Waals surface area (Å²) >= 11 is 0. The van der Waals surface area contributed by atoms with Crippen LogP contribution in [0.1, 0.15) is 74.0 Å². The first-order valence-electron chi connectivity index (χ1n) is 9.80. The number of carboxylic acids is 1. The number of nitrogens with zero attached hydrogens (tertiary/aromatic N) is 3. The average Bonchev–Trinajstić information content (AvgIpc) is 2.98. The Kier molecular flexibility index (Phi) is 5.96. The number of likely N-dealkylation sites (N-methyl/N-ethyl adjacent to an activating group) is 1. The molecule has 2 saturated carbocycles. The van der Waals surface area contributed by atoms with Gasteiger partial charge in [-0.2, -0.15) is 5.10 Å². The van der Waals surface area contributed by atoms with Gasteiger partial charge in [-0.15, -0.1) is 0 Å². The Balaban J connectivity index is 1.53. The second-order valence-electron chi connectivity index (χ2n) is 7.63. The number of carboxylic acid groups (broad SMARTS) is 1. The third-order valence-corrected chi connectivity index (χ3v) is 5.92. The van der Waals surface area contributed by atoms with Crippen LogP contribution in [0.5, 0.6) is 0 Å². The number of nitrogens with one attached hydrogen (secondary N) is 1. The molecule has 1 amide bonds. The first-order chi connectivity index (χ1) is 12.5. The molecule has 2 aliphatic rings. The van der Waals surface area contributed by atoms with Gasteiger partial charge in [0.05, 0.1) is 24.3 Å². The fourth-order valence-electron chi connectivity index (χ4n) is 4.28. The largest absolute Gasteiger partial charge is 0.480 e. The predicted octanol–water partition coefficient (Wildman–Crippen LogP) is 2.36. The van der Waals surface area contributed by atoms with Gasteiger partial charge in [-0.3, -0.25) is 19.2 Å². The monoisotopic (exact) mass is 362 g/mol.